The number of benzene rings is 1. The van der Waals surface area contributed by atoms with Crippen LogP contribution in [0.15, 0.2) is 6.07 Å². The number of phenols is 1. The summed E-state index contributed by atoms with van der Waals surface area (Å²) in [5.74, 6) is -0.873. The summed E-state index contributed by atoms with van der Waals surface area (Å²) < 4.78 is 5.04. The first-order valence-corrected chi connectivity index (χ1v) is 6.40. The number of aromatic hydroxyl groups is 1. The second-order valence-corrected chi connectivity index (χ2v) is 4.87. The summed E-state index contributed by atoms with van der Waals surface area (Å²) in [7, 11) is 3.47. The molecule has 0 aromatic heterocycles. The Morgan fingerprint density at radius 2 is 2.15 bits per heavy atom. The Bertz CT molecular complexity index is 581. The quantitative estimate of drug-likeness (QED) is 0.844. The number of aryl methyl sites for hydroxylation is 1. The van der Waals surface area contributed by atoms with Crippen LogP contribution in [0.2, 0.25) is 0 Å². The number of nitrogens with zero attached hydrogens (tertiary/aromatic N) is 2. The molecule has 108 valence electrons. The van der Waals surface area contributed by atoms with Crippen molar-refractivity contribution in [3.8, 4) is 5.75 Å². The third-order valence-corrected chi connectivity index (χ3v) is 3.33. The molecule has 1 heterocycles. The van der Waals surface area contributed by atoms with Gasteiger partial charge in [-0.2, -0.15) is 0 Å². The summed E-state index contributed by atoms with van der Waals surface area (Å²) in [6.45, 7) is 3.96. The van der Waals surface area contributed by atoms with Crippen molar-refractivity contribution in [2.75, 3.05) is 20.7 Å². The van der Waals surface area contributed by atoms with Crippen molar-refractivity contribution in [1.82, 2.24) is 10.0 Å². The van der Waals surface area contributed by atoms with Gasteiger partial charge < -0.3 is 9.84 Å². The van der Waals surface area contributed by atoms with E-state index in [2.05, 4.69) is 0 Å². The lowest BCUT2D eigenvalue weighted by Gasteiger charge is -2.23. The minimum Gasteiger partial charge on any atom is -0.507 e. The fraction of sp³-hybridized carbons (Fsp3) is 0.429. The fourth-order valence-electron chi connectivity index (χ4n) is 2.42. The van der Waals surface area contributed by atoms with E-state index in [1.807, 2.05) is 0 Å². The predicted octanol–water partition coefficient (Wildman–Crippen LogP) is 1.31. The van der Waals surface area contributed by atoms with Crippen molar-refractivity contribution in [3.05, 3.63) is 28.3 Å². The van der Waals surface area contributed by atoms with Crippen LogP contribution in [0.4, 0.5) is 0 Å². The summed E-state index contributed by atoms with van der Waals surface area (Å²) in [4.78, 5) is 24.3. The number of fused-ring (bicyclic) bond motifs is 1. The van der Waals surface area contributed by atoms with Gasteiger partial charge in [0.2, 0.25) is 0 Å². The van der Waals surface area contributed by atoms with Crippen LogP contribution in [0.3, 0.4) is 0 Å². The molecule has 1 aliphatic rings. The van der Waals surface area contributed by atoms with Crippen LogP contribution in [0.25, 0.3) is 0 Å². The molecule has 20 heavy (non-hydrogen) atoms. The second-order valence-electron chi connectivity index (χ2n) is 4.87. The lowest BCUT2D eigenvalue weighted by molar-refractivity contribution is 0.0218. The van der Waals surface area contributed by atoms with Crippen molar-refractivity contribution in [1.29, 1.82) is 0 Å². The van der Waals surface area contributed by atoms with Crippen molar-refractivity contribution >= 4 is 11.9 Å². The van der Waals surface area contributed by atoms with E-state index in [-0.39, 0.29) is 30.4 Å². The van der Waals surface area contributed by atoms with Gasteiger partial charge in [-0.3, -0.25) is 9.80 Å². The first kappa shape index (κ1) is 14.3. The summed E-state index contributed by atoms with van der Waals surface area (Å²) >= 11 is 0. The molecule has 2 rings (SSSR count). The van der Waals surface area contributed by atoms with E-state index >= 15 is 0 Å². The topological polar surface area (TPSA) is 70.1 Å². The number of hydrogen-bond acceptors (Lipinski definition) is 5. The predicted molar refractivity (Wildman–Crippen MR) is 72.4 cm³/mol. The molecule has 0 fully saturated rings. The molecule has 0 unspecified atom stereocenters. The molecular formula is C14H18N2O4. The highest BCUT2D eigenvalue weighted by atomic mass is 16.5. The van der Waals surface area contributed by atoms with Crippen LogP contribution in [-0.4, -0.2) is 47.7 Å². The van der Waals surface area contributed by atoms with Crippen molar-refractivity contribution < 1.29 is 19.4 Å². The van der Waals surface area contributed by atoms with E-state index in [0.717, 1.165) is 0 Å². The lowest BCUT2D eigenvalue weighted by atomic mass is 9.97. The van der Waals surface area contributed by atoms with Gasteiger partial charge in [-0.05, 0) is 25.5 Å². The number of hydrogen-bond donors (Lipinski definition) is 1. The maximum absolute atomic E-state index is 12.3. The first-order valence-electron chi connectivity index (χ1n) is 6.40. The van der Waals surface area contributed by atoms with Gasteiger partial charge in [0.1, 0.15) is 5.75 Å². The Hall–Kier alpha value is -2.08. The second kappa shape index (κ2) is 5.13. The number of hydrazine groups is 1. The van der Waals surface area contributed by atoms with Crippen molar-refractivity contribution in [2.45, 2.75) is 20.4 Å². The average Bonchev–Trinajstić information content (AvgIpc) is 2.67. The lowest BCUT2D eigenvalue weighted by Crippen LogP contribution is -2.36. The normalized spacial score (nSPS) is 13.8. The van der Waals surface area contributed by atoms with Gasteiger partial charge in [-0.1, -0.05) is 0 Å². The molecule has 0 saturated heterocycles. The summed E-state index contributed by atoms with van der Waals surface area (Å²) in [6, 6.07) is 1.43. The minimum atomic E-state index is -0.463. The average molecular weight is 278 g/mol. The summed E-state index contributed by atoms with van der Waals surface area (Å²) in [5, 5.41) is 13.1. The molecule has 1 aliphatic heterocycles. The van der Waals surface area contributed by atoms with Crippen LogP contribution in [0.5, 0.6) is 5.75 Å². The Labute approximate surface area is 117 Å². The van der Waals surface area contributed by atoms with Crippen molar-refractivity contribution in [2.24, 2.45) is 0 Å². The molecule has 0 spiro atoms. The molecule has 1 aromatic rings. The van der Waals surface area contributed by atoms with E-state index in [9.17, 15) is 14.7 Å². The largest absolute Gasteiger partial charge is 0.507 e. The summed E-state index contributed by atoms with van der Waals surface area (Å²) in [5.41, 5.74) is 1.69. The molecule has 6 heteroatoms. The third-order valence-electron chi connectivity index (χ3n) is 3.33. The van der Waals surface area contributed by atoms with Crippen LogP contribution in [-0.2, 0) is 11.3 Å². The highest BCUT2D eigenvalue weighted by molar-refractivity contribution is 6.05. The molecule has 0 aliphatic carbocycles. The van der Waals surface area contributed by atoms with E-state index in [1.165, 1.54) is 11.1 Å². The molecule has 0 saturated carbocycles. The molecule has 0 atom stereocenters. The van der Waals surface area contributed by atoms with E-state index in [4.69, 9.17) is 4.74 Å². The Morgan fingerprint density at radius 3 is 2.70 bits per heavy atom. The number of ether oxygens (including phenoxy) is 1. The molecule has 1 N–H and O–H groups in total. The van der Waals surface area contributed by atoms with Gasteiger partial charge in [0.15, 0.2) is 0 Å². The fourth-order valence-corrected chi connectivity index (χ4v) is 2.42. The summed E-state index contributed by atoms with van der Waals surface area (Å²) in [6.07, 6.45) is 0. The number of amides is 1. The number of esters is 1. The van der Waals surface area contributed by atoms with Crippen LogP contribution < -0.4 is 0 Å². The van der Waals surface area contributed by atoms with E-state index in [1.54, 1.807) is 33.0 Å². The highest BCUT2D eigenvalue weighted by Gasteiger charge is 2.36. The Kier molecular flexibility index (Phi) is 3.67. The van der Waals surface area contributed by atoms with E-state index in [0.29, 0.717) is 16.7 Å². The smallest absolute Gasteiger partial charge is 0.338 e. The molecular weight excluding hydrogens is 260 g/mol. The van der Waals surface area contributed by atoms with Gasteiger partial charge in [0.25, 0.3) is 5.91 Å². The molecule has 0 bridgehead atoms. The van der Waals surface area contributed by atoms with Gasteiger partial charge in [0.05, 0.1) is 24.3 Å². The number of rotatable bonds is 3. The molecule has 6 nitrogen and oxygen atoms in total. The SMILES string of the molecule is CCOC(=O)c1c(C)cc(O)c2c1CN(N(C)C)C2=O. The van der Waals surface area contributed by atoms with Crippen LogP contribution >= 0.6 is 0 Å². The zero-order valence-corrected chi connectivity index (χ0v) is 12.1. The van der Waals surface area contributed by atoms with Crippen LogP contribution in [0, 0.1) is 6.92 Å². The standard InChI is InChI=1S/C14H18N2O4/c1-5-20-14(19)11-8(2)6-10(17)12-9(11)7-16(13(12)18)15(3)4/h6,17H,5,7H2,1-4H3. The van der Waals surface area contributed by atoms with Gasteiger partial charge in [-0.25, -0.2) is 9.80 Å². The maximum atomic E-state index is 12.3. The van der Waals surface area contributed by atoms with Crippen LogP contribution in [0.1, 0.15) is 38.8 Å². The Morgan fingerprint density at radius 1 is 1.50 bits per heavy atom. The maximum Gasteiger partial charge on any atom is 0.338 e. The van der Waals surface area contributed by atoms with E-state index < -0.39 is 5.97 Å². The number of carbonyl (C=O) groups is 2. The zero-order chi connectivity index (χ0) is 15.0. The molecule has 1 aromatic carbocycles. The van der Waals surface area contributed by atoms with Gasteiger partial charge in [-0.15, -0.1) is 0 Å². The minimum absolute atomic E-state index is 0.0973. The third kappa shape index (κ3) is 2.12. The number of carbonyl (C=O) groups excluding carboxylic acids is 2. The highest BCUT2D eigenvalue weighted by Crippen LogP contribution is 2.35. The first-order chi connectivity index (χ1) is 9.38. The Balaban J connectivity index is 2.59. The van der Waals surface area contributed by atoms with Crippen molar-refractivity contribution in [3.63, 3.8) is 0 Å². The molecule has 0 radical (unpaired) electrons. The van der Waals surface area contributed by atoms with Gasteiger partial charge >= 0.3 is 5.97 Å². The number of phenolic OH excluding ortho intramolecular Hbond substituents is 1. The van der Waals surface area contributed by atoms with Gasteiger partial charge in [0, 0.05) is 19.7 Å². The zero-order valence-electron chi connectivity index (χ0n) is 12.1. The molecule has 1 amide bonds. The monoisotopic (exact) mass is 278 g/mol.